The molecule has 8 heteroatoms. The van der Waals surface area contributed by atoms with Crippen LogP contribution in [0.3, 0.4) is 0 Å². The maximum absolute atomic E-state index is 13.7. The third-order valence-electron chi connectivity index (χ3n) is 7.95. The van der Waals surface area contributed by atoms with Gasteiger partial charge in [-0.15, -0.1) is 0 Å². The van der Waals surface area contributed by atoms with Crippen molar-refractivity contribution in [3.8, 4) is 11.5 Å². The summed E-state index contributed by atoms with van der Waals surface area (Å²) in [6.45, 7) is 12.4. The van der Waals surface area contributed by atoms with Gasteiger partial charge in [0.15, 0.2) is 5.60 Å². The minimum atomic E-state index is -4.73. The summed E-state index contributed by atoms with van der Waals surface area (Å²) in [4.78, 5) is 26.5. The van der Waals surface area contributed by atoms with Crippen molar-refractivity contribution in [3.05, 3.63) is 47.1 Å². The van der Waals surface area contributed by atoms with E-state index in [9.17, 15) is 19.4 Å². The normalized spacial score (nSPS) is 22.2. The summed E-state index contributed by atoms with van der Waals surface area (Å²) < 4.78 is 29.4. The molecule has 0 radical (unpaired) electrons. The molecule has 0 bridgehead atoms. The molecule has 1 aromatic carbocycles. The Labute approximate surface area is 234 Å². The van der Waals surface area contributed by atoms with Crippen molar-refractivity contribution in [2.24, 2.45) is 5.92 Å². The largest absolute Gasteiger partial charge is 0.756 e. The van der Waals surface area contributed by atoms with Gasteiger partial charge in [-0.05, 0) is 88.8 Å². The smallest absolute Gasteiger partial charge is 0.344 e. The van der Waals surface area contributed by atoms with E-state index in [2.05, 4.69) is 26.5 Å². The lowest BCUT2D eigenvalue weighted by molar-refractivity contribution is -0.237. The van der Waals surface area contributed by atoms with E-state index in [0.717, 1.165) is 49.7 Å². The van der Waals surface area contributed by atoms with Gasteiger partial charge in [-0.25, -0.2) is 4.79 Å². The van der Waals surface area contributed by atoms with E-state index in [1.807, 2.05) is 13.8 Å². The monoisotopic (exact) mass is 561 g/mol. The first kappa shape index (κ1) is 31.6. The van der Waals surface area contributed by atoms with Gasteiger partial charge in [0.1, 0.15) is 11.5 Å². The van der Waals surface area contributed by atoms with Crippen molar-refractivity contribution in [1.82, 2.24) is 0 Å². The summed E-state index contributed by atoms with van der Waals surface area (Å²) in [5, 5.41) is 11.2. The molecule has 0 aliphatic heterocycles. The van der Waals surface area contributed by atoms with Crippen molar-refractivity contribution in [1.29, 1.82) is 0 Å². The van der Waals surface area contributed by atoms with Crippen LogP contribution in [0.4, 0.5) is 0 Å². The quantitative estimate of drug-likeness (QED) is 0.0817. The van der Waals surface area contributed by atoms with E-state index in [4.69, 9.17) is 13.8 Å². The van der Waals surface area contributed by atoms with Crippen molar-refractivity contribution >= 4 is 13.8 Å². The zero-order chi connectivity index (χ0) is 28.6. The highest BCUT2D eigenvalue weighted by Crippen LogP contribution is 2.51. The third-order valence-corrected chi connectivity index (χ3v) is 9.02. The highest BCUT2D eigenvalue weighted by molar-refractivity contribution is 7.46. The van der Waals surface area contributed by atoms with E-state index in [1.54, 1.807) is 12.1 Å². The number of hydrogen-bond donors (Lipinski definition) is 1. The summed E-state index contributed by atoms with van der Waals surface area (Å²) in [5.74, 6) is -0.580. The molecule has 3 rings (SSSR count). The second kappa shape index (κ2) is 14.1. The molecule has 0 heterocycles. The lowest BCUT2D eigenvalue weighted by Gasteiger charge is -2.35. The van der Waals surface area contributed by atoms with Crippen molar-refractivity contribution < 1.29 is 33.1 Å². The Bertz CT molecular complexity index is 1090. The molecule has 7 nitrogen and oxygen atoms in total. The van der Waals surface area contributed by atoms with Gasteiger partial charge in [-0.2, -0.15) is 0 Å². The average Bonchev–Trinajstić information content (AvgIpc) is 3.32. The second-order valence-corrected chi connectivity index (χ2v) is 12.7. The summed E-state index contributed by atoms with van der Waals surface area (Å²) in [7, 11) is -4.73. The van der Waals surface area contributed by atoms with E-state index in [-0.39, 0.29) is 42.8 Å². The van der Waals surface area contributed by atoms with Crippen LogP contribution >= 0.6 is 7.82 Å². The highest BCUT2D eigenvalue weighted by atomic mass is 31.2. The Morgan fingerprint density at radius 3 is 2.54 bits per heavy atom. The first-order valence-corrected chi connectivity index (χ1v) is 16.0. The number of hydrogen-bond acceptors (Lipinski definition) is 7. The van der Waals surface area contributed by atoms with Crippen molar-refractivity contribution in [2.45, 2.75) is 116 Å². The molecule has 0 aromatic heterocycles. The number of esters is 1. The number of phosphoric acid groups is 1. The number of phosphoric ester groups is 1. The predicted molar refractivity (Wildman–Crippen MR) is 152 cm³/mol. The van der Waals surface area contributed by atoms with Gasteiger partial charge in [-0.1, -0.05) is 63.3 Å². The van der Waals surface area contributed by atoms with Gasteiger partial charge in [0.25, 0.3) is 7.82 Å². The van der Waals surface area contributed by atoms with Crippen LogP contribution in [0.25, 0.3) is 0 Å². The van der Waals surface area contributed by atoms with E-state index >= 15 is 0 Å². The number of carbonyl (C=O) groups is 1. The number of benzene rings is 1. The number of unbranched alkanes of at least 4 members (excludes halogenated alkanes) is 3. The van der Waals surface area contributed by atoms with Crippen LogP contribution < -0.4 is 9.63 Å². The molecule has 3 atom stereocenters. The fraction of sp³-hybridized carbons (Fsp3) is 0.645. The highest BCUT2D eigenvalue weighted by Gasteiger charge is 2.47. The zero-order valence-corrected chi connectivity index (χ0v) is 25.0. The van der Waals surface area contributed by atoms with E-state index in [1.165, 1.54) is 5.57 Å². The predicted octanol–water partition coefficient (Wildman–Crippen LogP) is 7.66. The summed E-state index contributed by atoms with van der Waals surface area (Å²) in [6, 6.07) is 3.54. The minimum absolute atomic E-state index is 0.0264. The van der Waals surface area contributed by atoms with Gasteiger partial charge < -0.3 is 19.3 Å². The maximum atomic E-state index is 13.7. The Balaban J connectivity index is 1.93. The standard InChI is InChI=1S/C31H47O7P/c1-6-8-9-12-18-36-39(34,35)38-31(16-10-11-17-31)30(33)37-28-21-24(13-7-2)20-27(32)29(28)26-19-23(5)14-15-25(26)22(3)4/h19-21,25-26,32H,3,6-18H2,1-2,4-5H3,(H,34,35)/p-1/t25-,26+/m0/s1. The molecule has 0 spiro atoms. The molecule has 1 fully saturated rings. The Morgan fingerprint density at radius 2 is 1.90 bits per heavy atom. The molecule has 1 aromatic rings. The molecule has 0 amide bonds. The van der Waals surface area contributed by atoms with Gasteiger partial charge in [0, 0.05) is 11.5 Å². The van der Waals surface area contributed by atoms with Crippen LogP contribution in [0.2, 0.25) is 0 Å². The molecule has 218 valence electrons. The summed E-state index contributed by atoms with van der Waals surface area (Å²) in [5.41, 5.74) is 1.93. The maximum Gasteiger partial charge on any atom is 0.344 e. The number of ether oxygens (including phenoxy) is 1. The zero-order valence-electron chi connectivity index (χ0n) is 24.1. The van der Waals surface area contributed by atoms with Crippen molar-refractivity contribution in [3.63, 3.8) is 0 Å². The average molecular weight is 562 g/mol. The molecule has 1 N–H and O–H groups in total. The molecule has 0 saturated heterocycles. The fourth-order valence-electron chi connectivity index (χ4n) is 5.84. The van der Waals surface area contributed by atoms with E-state index in [0.29, 0.717) is 31.2 Å². The number of carbonyl (C=O) groups excluding carboxylic acids is 1. The number of phenolic OH excluding ortho intramolecular Hbond substituents is 1. The number of allylic oxidation sites excluding steroid dienone is 3. The Kier molecular flexibility index (Phi) is 11.4. The Hall–Kier alpha value is -1.92. The second-order valence-electron chi connectivity index (χ2n) is 11.3. The first-order valence-electron chi connectivity index (χ1n) is 14.6. The molecular weight excluding hydrogens is 515 g/mol. The lowest BCUT2D eigenvalue weighted by Crippen LogP contribution is -2.42. The summed E-state index contributed by atoms with van der Waals surface area (Å²) >= 11 is 0. The molecule has 1 unspecified atom stereocenters. The lowest BCUT2D eigenvalue weighted by atomic mass is 9.73. The number of rotatable bonds is 14. The van der Waals surface area contributed by atoms with Gasteiger partial charge in [0.2, 0.25) is 0 Å². The van der Waals surface area contributed by atoms with Crippen molar-refractivity contribution in [2.75, 3.05) is 6.61 Å². The third kappa shape index (κ3) is 8.29. The Morgan fingerprint density at radius 1 is 1.18 bits per heavy atom. The van der Waals surface area contributed by atoms with Crippen LogP contribution in [0, 0.1) is 5.92 Å². The number of aryl methyl sites for hydroxylation is 1. The van der Waals surface area contributed by atoms with E-state index < -0.39 is 19.4 Å². The van der Waals surface area contributed by atoms with Crippen LogP contribution in [-0.2, 0) is 24.8 Å². The minimum Gasteiger partial charge on any atom is -0.756 e. The summed E-state index contributed by atoms with van der Waals surface area (Å²) in [6.07, 6.45) is 10.7. The molecule has 2 aliphatic rings. The van der Waals surface area contributed by atoms with Crippen LogP contribution in [0.1, 0.15) is 115 Å². The number of aromatic hydroxyl groups is 1. The molecule has 1 saturated carbocycles. The molecule has 39 heavy (non-hydrogen) atoms. The first-order chi connectivity index (χ1) is 18.5. The fourth-order valence-corrected chi connectivity index (χ4v) is 6.93. The number of phenols is 1. The van der Waals surface area contributed by atoms with Crippen LogP contribution in [0.5, 0.6) is 11.5 Å². The van der Waals surface area contributed by atoms with Gasteiger partial charge in [-0.3, -0.25) is 9.09 Å². The SMILES string of the molecule is C=C(C)[C@@H]1CCC(C)=C[C@H]1c1c(O)cc(CCC)cc1OC(=O)C1(OP(=O)([O-])OCCCCCC)CCCC1. The van der Waals surface area contributed by atoms with Crippen LogP contribution in [-0.4, -0.2) is 23.3 Å². The van der Waals surface area contributed by atoms with Gasteiger partial charge >= 0.3 is 5.97 Å². The molecular formula is C31H46O7P-. The topological polar surface area (TPSA) is 105 Å². The van der Waals surface area contributed by atoms with Gasteiger partial charge in [0.05, 0.1) is 6.61 Å². The van der Waals surface area contributed by atoms with Crippen LogP contribution in [0.15, 0.2) is 35.9 Å². The molecule has 2 aliphatic carbocycles.